The van der Waals surface area contributed by atoms with Crippen molar-refractivity contribution in [3.63, 3.8) is 0 Å². The highest BCUT2D eigenvalue weighted by molar-refractivity contribution is 5.94. The third-order valence-electron chi connectivity index (χ3n) is 5.23. The largest absolute Gasteiger partial charge is 0.453 e. The predicted octanol–water partition coefficient (Wildman–Crippen LogP) is 5.25. The first-order valence-corrected chi connectivity index (χ1v) is 10.7. The molecule has 1 aliphatic rings. The van der Waals surface area contributed by atoms with Gasteiger partial charge in [-0.3, -0.25) is 14.6 Å². The Morgan fingerprint density at radius 3 is 2.61 bits per heavy atom. The van der Waals surface area contributed by atoms with Crippen molar-refractivity contribution in [3.05, 3.63) is 90.0 Å². The molecule has 4 rings (SSSR count). The highest BCUT2D eigenvalue weighted by Crippen LogP contribution is 2.30. The Kier molecular flexibility index (Phi) is 6.78. The van der Waals surface area contributed by atoms with Crippen LogP contribution in [0.25, 0.3) is 6.08 Å². The topological polar surface area (TPSA) is 80.3 Å². The van der Waals surface area contributed by atoms with Crippen LogP contribution in [0.2, 0.25) is 0 Å². The van der Waals surface area contributed by atoms with Gasteiger partial charge in [0.25, 0.3) is 0 Å². The van der Waals surface area contributed by atoms with Gasteiger partial charge in [-0.25, -0.2) is 4.39 Å². The van der Waals surface area contributed by atoms with E-state index in [1.165, 1.54) is 30.5 Å². The summed E-state index contributed by atoms with van der Waals surface area (Å²) in [4.78, 5) is 28.1. The van der Waals surface area contributed by atoms with E-state index in [1.54, 1.807) is 24.4 Å². The van der Waals surface area contributed by atoms with Gasteiger partial charge in [-0.2, -0.15) is 0 Å². The van der Waals surface area contributed by atoms with Crippen LogP contribution in [0, 0.1) is 11.7 Å². The second-order valence-corrected chi connectivity index (χ2v) is 7.93. The van der Waals surface area contributed by atoms with Crippen molar-refractivity contribution in [2.45, 2.75) is 25.8 Å². The van der Waals surface area contributed by atoms with Crippen LogP contribution in [0.15, 0.2) is 73.1 Å². The quantitative estimate of drug-likeness (QED) is 0.464. The maximum atomic E-state index is 14.3. The van der Waals surface area contributed by atoms with E-state index >= 15 is 0 Å². The molecule has 6 nitrogen and oxygen atoms in total. The van der Waals surface area contributed by atoms with Crippen molar-refractivity contribution in [2.75, 3.05) is 5.32 Å². The molecule has 0 radical (unpaired) electrons. The van der Waals surface area contributed by atoms with Crippen molar-refractivity contribution >= 4 is 23.6 Å². The summed E-state index contributed by atoms with van der Waals surface area (Å²) >= 11 is 0. The van der Waals surface area contributed by atoms with Crippen LogP contribution in [-0.2, 0) is 9.59 Å². The number of carbonyl (C=O) groups is 2. The van der Waals surface area contributed by atoms with E-state index in [4.69, 9.17) is 4.74 Å². The summed E-state index contributed by atoms with van der Waals surface area (Å²) in [7, 11) is 0. The van der Waals surface area contributed by atoms with Crippen molar-refractivity contribution in [1.82, 2.24) is 10.3 Å². The standard InChI is InChI=1S/C26H24FN3O3/c1-17(19-8-10-21(11-9-19)30-26(32)20-6-7-20)29-25(31)13-5-18-4-12-24(23(27)15-18)33-22-3-2-14-28-16-22/h2-5,8-17,20H,6-7H2,1H3,(H,29,31)(H,30,32)/b13-5+. The number of benzene rings is 2. The van der Waals surface area contributed by atoms with Crippen molar-refractivity contribution in [2.24, 2.45) is 5.92 Å². The lowest BCUT2D eigenvalue weighted by Crippen LogP contribution is -2.24. The third-order valence-corrected chi connectivity index (χ3v) is 5.23. The summed E-state index contributed by atoms with van der Waals surface area (Å²) in [5.74, 6) is -0.120. The van der Waals surface area contributed by atoms with Crippen LogP contribution in [0.3, 0.4) is 0 Å². The Morgan fingerprint density at radius 1 is 1.15 bits per heavy atom. The molecular weight excluding hydrogens is 421 g/mol. The first kappa shape index (κ1) is 22.2. The minimum atomic E-state index is -0.538. The fraction of sp³-hybridized carbons (Fsp3) is 0.192. The molecule has 2 aromatic carbocycles. The number of nitrogens with one attached hydrogen (secondary N) is 2. The number of carbonyl (C=O) groups excluding carboxylic acids is 2. The molecule has 1 atom stereocenters. The number of nitrogens with zero attached hydrogens (tertiary/aromatic N) is 1. The molecule has 3 aromatic rings. The van der Waals surface area contributed by atoms with Gasteiger partial charge in [0.1, 0.15) is 5.75 Å². The highest BCUT2D eigenvalue weighted by atomic mass is 19.1. The molecule has 0 saturated heterocycles. The Labute approximate surface area is 191 Å². The summed E-state index contributed by atoms with van der Waals surface area (Å²) in [6.45, 7) is 1.87. The summed E-state index contributed by atoms with van der Waals surface area (Å²) in [5, 5.41) is 5.77. The second kappa shape index (κ2) is 10.1. The first-order chi connectivity index (χ1) is 16.0. The average molecular weight is 445 g/mol. The van der Waals surface area contributed by atoms with Crippen LogP contribution in [0.1, 0.15) is 36.9 Å². The number of hydrogen-bond acceptors (Lipinski definition) is 4. The molecule has 1 unspecified atom stereocenters. The Hall–Kier alpha value is -4.00. The number of aromatic nitrogens is 1. The fourth-order valence-corrected chi connectivity index (χ4v) is 3.20. The number of anilines is 1. The molecule has 7 heteroatoms. The van der Waals surface area contributed by atoms with Gasteiger partial charge in [0.15, 0.2) is 11.6 Å². The fourth-order valence-electron chi connectivity index (χ4n) is 3.20. The molecule has 0 spiro atoms. The average Bonchev–Trinajstić information content (AvgIpc) is 3.66. The van der Waals surface area contributed by atoms with Gasteiger partial charge >= 0.3 is 0 Å². The number of ether oxygens (including phenoxy) is 1. The van der Waals surface area contributed by atoms with Crippen molar-refractivity contribution in [1.29, 1.82) is 0 Å². The van der Waals surface area contributed by atoms with Crippen molar-refractivity contribution in [3.8, 4) is 11.5 Å². The minimum Gasteiger partial charge on any atom is -0.453 e. The van der Waals surface area contributed by atoms with Crippen LogP contribution in [-0.4, -0.2) is 16.8 Å². The molecule has 0 bridgehead atoms. The number of hydrogen-bond donors (Lipinski definition) is 2. The van der Waals surface area contributed by atoms with Crippen molar-refractivity contribution < 1.29 is 18.7 Å². The molecule has 1 aromatic heterocycles. The molecule has 1 heterocycles. The molecule has 33 heavy (non-hydrogen) atoms. The maximum Gasteiger partial charge on any atom is 0.244 e. The van der Waals surface area contributed by atoms with Crippen LogP contribution >= 0.6 is 0 Å². The molecule has 168 valence electrons. The summed E-state index contributed by atoms with van der Waals surface area (Å²) < 4.78 is 19.8. The molecule has 1 fully saturated rings. The maximum absolute atomic E-state index is 14.3. The van der Waals surface area contributed by atoms with E-state index in [-0.39, 0.29) is 29.5 Å². The molecule has 2 amide bonds. The van der Waals surface area contributed by atoms with E-state index in [1.807, 2.05) is 31.2 Å². The van der Waals surface area contributed by atoms with Crippen LogP contribution in [0.5, 0.6) is 11.5 Å². The normalized spacial score (nSPS) is 14.0. The van der Waals surface area contributed by atoms with Gasteiger partial charge < -0.3 is 15.4 Å². The minimum absolute atomic E-state index is 0.0577. The van der Waals surface area contributed by atoms with Gasteiger partial charge in [0.2, 0.25) is 11.8 Å². The van der Waals surface area contributed by atoms with Crippen LogP contribution in [0.4, 0.5) is 10.1 Å². The Morgan fingerprint density at radius 2 is 1.94 bits per heavy atom. The Bertz CT molecular complexity index is 1160. The monoisotopic (exact) mass is 445 g/mol. The Balaban J connectivity index is 1.30. The molecule has 0 aliphatic heterocycles. The van der Waals surface area contributed by atoms with Gasteiger partial charge in [-0.15, -0.1) is 0 Å². The first-order valence-electron chi connectivity index (χ1n) is 10.7. The number of halogens is 1. The molecule has 2 N–H and O–H groups in total. The summed E-state index contributed by atoms with van der Waals surface area (Å²) in [6.07, 6.45) is 7.91. The van der Waals surface area contributed by atoms with Gasteiger partial charge in [-0.05, 0) is 73.4 Å². The van der Waals surface area contributed by atoms with E-state index in [0.717, 1.165) is 24.1 Å². The molecule has 1 aliphatic carbocycles. The van der Waals surface area contributed by atoms with E-state index in [9.17, 15) is 14.0 Å². The van der Waals surface area contributed by atoms with E-state index in [2.05, 4.69) is 15.6 Å². The zero-order valence-corrected chi connectivity index (χ0v) is 18.1. The lowest BCUT2D eigenvalue weighted by Gasteiger charge is -2.14. The van der Waals surface area contributed by atoms with Gasteiger partial charge in [0, 0.05) is 23.9 Å². The third kappa shape index (κ3) is 6.26. The van der Waals surface area contributed by atoms with E-state index in [0.29, 0.717) is 11.3 Å². The zero-order valence-electron chi connectivity index (χ0n) is 18.1. The van der Waals surface area contributed by atoms with Gasteiger partial charge in [-0.1, -0.05) is 18.2 Å². The molecule has 1 saturated carbocycles. The smallest absolute Gasteiger partial charge is 0.244 e. The highest BCUT2D eigenvalue weighted by Gasteiger charge is 2.29. The SMILES string of the molecule is CC(NC(=O)/C=C/c1ccc(Oc2cccnc2)c(F)c1)c1ccc(NC(=O)C2CC2)cc1. The van der Waals surface area contributed by atoms with Crippen LogP contribution < -0.4 is 15.4 Å². The predicted molar refractivity (Wildman–Crippen MR) is 124 cm³/mol. The summed E-state index contributed by atoms with van der Waals surface area (Å²) in [5.41, 5.74) is 2.18. The van der Waals surface area contributed by atoms with Gasteiger partial charge in [0.05, 0.1) is 12.2 Å². The zero-order chi connectivity index (χ0) is 23.2. The number of pyridine rings is 1. The second-order valence-electron chi connectivity index (χ2n) is 7.93. The summed E-state index contributed by atoms with van der Waals surface area (Å²) in [6, 6.07) is 15.0. The van der Waals surface area contributed by atoms with E-state index < -0.39 is 5.82 Å². The number of rotatable bonds is 8. The number of amides is 2. The molecular formula is C26H24FN3O3. The lowest BCUT2D eigenvalue weighted by atomic mass is 10.1. The lowest BCUT2D eigenvalue weighted by molar-refractivity contribution is -0.118.